The summed E-state index contributed by atoms with van der Waals surface area (Å²) >= 11 is 1.21. The molecule has 11 heteroatoms. The number of thiophene rings is 1. The molecular formula is C17H14F3NO5S2. The molecule has 6 nitrogen and oxygen atoms in total. The minimum atomic E-state index is -4.88. The van der Waals surface area contributed by atoms with E-state index in [0.29, 0.717) is 4.88 Å². The highest BCUT2D eigenvalue weighted by Crippen LogP contribution is 2.33. The van der Waals surface area contributed by atoms with Crippen LogP contribution in [0.1, 0.15) is 10.6 Å². The van der Waals surface area contributed by atoms with E-state index in [1.54, 1.807) is 23.6 Å². The maximum atomic E-state index is 12.5. The molecule has 2 heterocycles. The molecule has 2 N–H and O–H groups in total. The van der Waals surface area contributed by atoms with Crippen LogP contribution in [-0.2, 0) is 15.6 Å². The quantitative estimate of drug-likeness (QED) is 0.596. The Balaban J connectivity index is 1.80. The number of halogens is 3. The average Bonchev–Trinajstić information content (AvgIpc) is 3.32. The summed E-state index contributed by atoms with van der Waals surface area (Å²) in [6, 6.07) is 10.1. The predicted molar refractivity (Wildman–Crippen MR) is 94.3 cm³/mol. The molecule has 0 saturated heterocycles. The number of benzene rings is 1. The van der Waals surface area contributed by atoms with Crippen LogP contribution >= 0.6 is 11.3 Å². The van der Waals surface area contributed by atoms with Crippen LogP contribution in [0.5, 0.6) is 5.75 Å². The minimum absolute atomic E-state index is 0.145. The second-order valence-electron chi connectivity index (χ2n) is 5.66. The van der Waals surface area contributed by atoms with Crippen molar-refractivity contribution >= 4 is 21.4 Å². The molecule has 1 atom stereocenters. The number of hydrogen-bond acceptors (Lipinski definition) is 6. The Labute approximate surface area is 162 Å². The lowest BCUT2D eigenvalue weighted by molar-refractivity contribution is -0.274. The van der Waals surface area contributed by atoms with Crippen LogP contribution in [0.3, 0.4) is 0 Å². The summed E-state index contributed by atoms with van der Waals surface area (Å²) in [6.07, 6.45) is -3.53. The van der Waals surface area contributed by atoms with Crippen LogP contribution in [0.4, 0.5) is 13.2 Å². The Morgan fingerprint density at radius 2 is 1.82 bits per heavy atom. The zero-order chi connectivity index (χ0) is 20.4. The first kappa shape index (κ1) is 20.4. The molecular weight excluding hydrogens is 419 g/mol. The summed E-state index contributed by atoms with van der Waals surface area (Å²) in [5, 5.41) is 12.8. The van der Waals surface area contributed by atoms with Gasteiger partial charge in [-0.2, -0.15) is 0 Å². The summed E-state index contributed by atoms with van der Waals surface area (Å²) in [5.74, 6) is -0.399. The lowest BCUT2D eigenvalue weighted by Gasteiger charge is -2.25. The van der Waals surface area contributed by atoms with Crippen LogP contribution in [0.25, 0.3) is 0 Å². The van der Waals surface area contributed by atoms with Gasteiger partial charge in [0.2, 0.25) is 10.0 Å². The van der Waals surface area contributed by atoms with Gasteiger partial charge >= 0.3 is 6.36 Å². The normalized spacial score (nSPS) is 14.6. The van der Waals surface area contributed by atoms with Crippen molar-refractivity contribution in [3.63, 3.8) is 0 Å². The third-order valence-electron chi connectivity index (χ3n) is 3.74. The molecule has 0 bridgehead atoms. The van der Waals surface area contributed by atoms with Crippen molar-refractivity contribution < 1.29 is 35.8 Å². The fourth-order valence-corrected chi connectivity index (χ4v) is 4.32. The minimum Gasteiger partial charge on any atom is -0.466 e. The van der Waals surface area contributed by atoms with Crippen molar-refractivity contribution in [1.29, 1.82) is 0 Å². The van der Waals surface area contributed by atoms with Gasteiger partial charge in [-0.1, -0.05) is 6.07 Å². The summed E-state index contributed by atoms with van der Waals surface area (Å²) < 4.78 is 72.9. The van der Waals surface area contributed by atoms with Crippen molar-refractivity contribution in [2.24, 2.45) is 0 Å². The van der Waals surface area contributed by atoms with Crippen molar-refractivity contribution in [1.82, 2.24) is 4.72 Å². The van der Waals surface area contributed by atoms with E-state index in [2.05, 4.69) is 9.46 Å². The average molecular weight is 433 g/mol. The molecule has 1 unspecified atom stereocenters. The Morgan fingerprint density at radius 3 is 2.36 bits per heavy atom. The van der Waals surface area contributed by atoms with Crippen LogP contribution in [-0.4, -0.2) is 26.4 Å². The molecule has 0 fully saturated rings. The van der Waals surface area contributed by atoms with E-state index in [0.717, 1.165) is 24.3 Å². The predicted octanol–water partition coefficient (Wildman–Crippen LogP) is 3.45. The number of sulfonamides is 1. The van der Waals surface area contributed by atoms with E-state index in [9.17, 15) is 26.7 Å². The number of hydrogen-bond donors (Lipinski definition) is 2. The Morgan fingerprint density at radius 1 is 1.11 bits per heavy atom. The highest BCUT2D eigenvalue weighted by atomic mass is 32.2. The van der Waals surface area contributed by atoms with E-state index >= 15 is 0 Å². The molecule has 0 saturated carbocycles. The number of alkyl halides is 3. The Bertz CT molecular complexity index is 964. The molecule has 3 aromatic rings. The van der Waals surface area contributed by atoms with Gasteiger partial charge in [0.25, 0.3) is 0 Å². The Hall–Kier alpha value is -2.34. The molecule has 0 aliphatic carbocycles. The summed E-state index contributed by atoms with van der Waals surface area (Å²) in [6.45, 7) is -0.440. The highest BCUT2D eigenvalue weighted by molar-refractivity contribution is 7.89. The molecule has 0 amide bonds. The van der Waals surface area contributed by atoms with Crippen molar-refractivity contribution in [3.05, 3.63) is 70.8 Å². The monoisotopic (exact) mass is 433 g/mol. The molecule has 2 aromatic heterocycles. The van der Waals surface area contributed by atoms with Crippen LogP contribution < -0.4 is 9.46 Å². The van der Waals surface area contributed by atoms with Crippen molar-refractivity contribution in [2.45, 2.75) is 16.9 Å². The smallest absolute Gasteiger partial charge is 0.466 e. The molecule has 0 aliphatic rings. The summed E-state index contributed by atoms with van der Waals surface area (Å²) in [4.78, 5) is 0.175. The lowest BCUT2D eigenvalue weighted by Crippen LogP contribution is -2.40. The van der Waals surface area contributed by atoms with Crippen LogP contribution in [0, 0.1) is 0 Å². The molecule has 0 aliphatic heterocycles. The fourth-order valence-electron chi connectivity index (χ4n) is 2.43. The first-order valence-electron chi connectivity index (χ1n) is 7.76. The molecule has 0 radical (unpaired) electrons. The molecule has 3 rings (SSSR count). The molecule has 150 valence electrons. The first-order valence-corrected chi connectivity index (χ1v) is 10.1. The maximum Gasteiger partial charge on any atom is 0.573 e. The van der Waals surface area contributed by atoms with Crippen LogP contribution in [0.2, 0.25) is 0 Å². The van der Waals surface area contributed by atoms with Gasteiger partial charge in [0.05, 0.1) is 17.7 Å². The number of aliphatic hydroxyl groups is 1. The van der Waals surface area contributed by atoms with Gasteiger partial charge in [-0.3, -0.25) is 0 Å². The number of furan rings is 1. The fraction of sp³-hybridized carbons (Fsp3) is 0.176. The number of ether oxygens (including phenoxy) is 1. The zero-order valence-electron chi connectivity index (χ0n) is 14.0. The SMILES string of the molecule is O=S(=O)(NCC(O)(c1ccco1)c1cccs1)c1ccc(OC(F)(F)F)cc1. The van der Waals surface area contributed by atoms with Gasteiger partial charge in [-0.25, -0.2) is 13.1 Å². The van der Waals surface area contributed by atoms with Gasteiger partial charge in [-0.05, 0) is 47.8 Å². The van der Waals surface area contributed by atoms with E-state index in [1.165, 1.54) is 23.7 Å². The summed E-state index contributed by atoms with van der Waals surface area (Å²) in [7, 11) is -4.12. The molecule has 1 aromatic carbocycles. The van der Waals surface area contributed by atoms with E-state index < -0.39 is 34.3 Å². The topological polar surface area (TPSA) is 88.8 Å². The third kappa shape index (κ3) is 4.55. The Kier molecular flexibility index (Phi) is 5.53. The largest absolute Gasteiger partial charge is 0.573 e. The third-order valence-corrected chi connectivity index (χ3v) is 6.18. The van der Waals surface area contributed by atoms with E-state index in [-0.39, 0.29) is 10.7 Å². The lowest BCUT2D eigenvalue weighted by atomic mass is 9.99. The van der Waals surface area contributed by atoms with Gasteiger partial charge < -0.3 is 14.3 Å². The summed E-state index contributed by atoms with van der Waals surface area (Å²) in [5.41, 5.74) is -1.75. The van der Waals surface area contributed by atoms with Crippen molar-refractivity contribution in [3.8, 4) is 5.75 Å². The molecule has 0 spiro atoms. The second kappa shape index (κ2) is 7.59. The zero-order valence-corrected chi connectivity index (χ0v) is 15.6. The van der Waals surface area contributed by atoms with E-state index in [4.69, 9.17) is 4.42 Å². The maximum absolute atomic E-state index is 12.5. The van der Waals surface area contributed by atoms with Gasteiger partial charge in [0, 0.05) is 4.88 Å². The van der Waals surface area contributed by atoms with Gasteiger partial charge in [-0.15, -0.1) is 24.5 Å². The molecule has 28 heavy (non-hydrogen) atoms. The van der Waals surface area contributed by atoms with Crippen LogP contribution in [0.15, 0.2) is 69.5 Å². The van der Waals surface area contributed by atoms with E-state index in [1.807, 2.05) is 0 Å². The van der Waals surface area contributed by atoms with Gasteiger partial charge in [0.15, 0.2) is 5.60 Å². The number of rotatable bonds is 7. The standard InChI is InChI=1S/C17H14F3NO5S2/c18-17(19,20)26-12-5-7-13(8-6-12)28(23,24)21-11-16(22,14-3-1-9-25-14)15-4-2-10-27-15/h1-10,21-22H,11H2. The second-order valence-corrected chi connectivity index (χ2v) is 8.37. The first-order chi connectivity index (χ1) is 13.1. The van der Waals surface area contributed by atoms with Crippen molar-refractivity contribution in [2.75, 3.05) is 6.54 Å². The van der Waals surface area contributed by atoms with Gasteiger partial charge in [0.1, 0.15) is 11.5 Å². The highest BCUT2D eigenvalue weighted by Gasteiger charge is 2.37. The number of nitrogens with one attached hydrogen (secondary N) is 1.